The van der Waals surface area contributed by atoms with E-state index in [0.717, 1.165) is 35.7 Å². The van der Waals surface area contributed by atoms with Gasteiger partial charge in [0.05, 0.1) is 0 Å². The smallest absolute Gasteiger partial charge is 0.226 e. The standard InChI is InChI=1S/C18H22ClN3O2/c1-2-6-16-21-18(24-22-16)10-5-9-17(23)20-15-11-13(15)12-7-3-4-8-14(12)19/h3-4,7-8,13,15H,2,5-6,9-11H2,1H3,(H,20,23)/t13-,15+/m0/s1. The number of carbonyl (C=O) groups is 1. The number of aryl methyl sites for hydroxylation is 2. The molecule has 1 heterocycles. The molecule has 1 fully saturated rings. The molecule has 3 rings (SSSR count). The van der Waals surface area contributed by atoms with Gasteiger partial charge in [0.15, 0.2) is 5.82 Å². The number of carbonyl (C=O) groups excluding carboxylic acids is 1. The Morgan fingerprint density at radius 2 is 2.21 bits per heavy atom. The van der Waals surface area contributed by atoms with Gasteiger partial charge in [0.25, 0.3) is 0 Å². The van der Waals surface area contributed by atoms with E-state index in [1.54, 1.807) is 0 Å². The number of benzene rings is 1. The van der Waals surface area contributed by atoms with Crippen LogP contribution in [0.25, 0.3) is 0 Å². The molecular weight excluding hydrogens is 326 g/mol. The topological polar surface area (TPSA) is 68.0 Å². The van der Waals surface area contributed by atoms with Crippen LogP contribution in [0.4, 0.5) is 0 Å². The van der Waals surface area contributed by atoms with E-state index in [9.17, 15) is 4.79 Å². The van der Waals surface area contributed by atoms with Crippen LogP contribution in [0.3, 0.4) is 0 Å². The van der Waals surface area contributed by atoms with Crippen molar-refractivity contribution in [3.63, 3.8) is 0 Å². The molecule has 0 aliphatic heterocycles. The van der Waals surface area contributed by atoms with Crippen molar-refractivity contribution in [3.8, 4) is 0 Å². The van der Waals surface area contributed by atoms with Crippen molar-refractivity contribution in [1.29, 1.82) is 0 Å². The Morgan fingerprint density at radius 1 is 1.38 bits per heavy atom. The lowest BCUT2D eigenvalue weighted by Gasteiger charge is -2.05. The third kappa shape index (κ3) is 4.35. The highest BCUT2D eigenvalue weighted by atomic mass is 35.5. The molecule has 5 nitrogen and oxygen atoms in total. The minimum absolute atomic E-state index is 0.0721. The molecule has 0 radical (unpaired) electrons. The Kier molecular flexibility index (Phi) is 5.51. The van der Waals surface area contributed by atoms with Crippen LogP contribution < -0.4 is 5.32 Å². The van der Waals surface area contributed by atoms with Crippen LogP contribution in [0.15, 0.2) is 28.8 Å². The largest absolute Gasteiger partial charge is 0.353 e. The molecule has 1 aliphatic carbocycles. The van der Waals surface area contributed by atoms with Crippen LogP contribution in [0, 0.1) is 0 Å². The second-order valence-electron chi connectivity index (χ2n) is 6.25. The summed E-state index contributed by atoms with van der Waals surface area (Å²) in [5, 5.41) is 7.77. The lowest BCUT2D eigenvalue weighted by molar-refractivity contribution is -0.121. The number of halogens is 1. The van der Waals surface area contributed by atoms with Gasteiger partial charge in [-0.2, -0.15) is 4.98 Å². The van der Waals surface area contributed by atoms with E-state index < -0.39 is 0 Å². The predicted molar refractivity (Wildman–Crippen MR) is 92.0 cm³/mol. The molecule has 1 amide bonds. The summed E-state index contributed by atoms with van der Waals surface area (Å²) in [6.07, 6.45) is 4.60. The maximum Gasteiger partial charge on any atom is 0.226 e. The maximum atomic E-state index is 12.0. The second-order valence-corrected chi connectivity index (χ2v) is 6.65. The SMILES string of the molecule is CCCc1noc(CCCC(=O)N[C@@H]2C[C@H]2c2ccccc2Cl)n1. The van der Waals surface area contributed by atoms with E-state index in [1.807, 2.05) is 24.3 Å². The normalized spacial score (nSPS) is 19.2. The van der Waals surface area contributed by atoms with Gasteiger partial charge in [0.2, 0.25) is 11.8 Å². The van der Waals surface area contributed by atoms with Gasteiger partial charge in [0, 0.05) is 36.2 Å². The summed E-state index contributed by atoms with van der Waals surface area (Å²) < 4.78 is 5.17. The number of nitrogens with zero attached hydrogens (tertiary/aromatic N) is 2. The van der Waals surface area contributed by atoms with Crippen LogP contribution >= 0.6 is 11.6 Å². The highest BCUT2D eigenvalue weighted by molar-refractivity contribution is 6.31. The molecular formula is C18H22ClN3O2. The lowest BCUT2D eigenvalue weighted by atomic mass is 10.1. The fourth-order valence-electron chi connectivity index (χ4n) is 2.87. The number of nitrogens with one attached hydrogen (secondary N) is 1. The number of hydrogen-bond acceptors (Lipinski definition) is 4. The molecule has 1 aromatic heterocycles. The second kappa shape index (κ2) is 7.79. The third-order valence-electron chi connectivity index (χ3n) is 4.22. The molecule has 1 N–H and O–H groups in total. The maximum absolute atomic E-state index is 12.0. The minimum atomic E-state index is 0.0721. The van der Waals surface area contributed by atoms with Crippen molar-refractivity contribution < 1.29 is 9.32 Å². The number of hydrogen-bond donors (Lipinski definition) is 1. The molecule has 0 unspecified atom stereocenters. The Balaban J connectivity index is 1.38. The van der Waals surface area contributed by atoms with Crippen LogP contribution in [0.2, 0.25) is 5.02 Å². The van der Waals surface area contributed by atoms with Gasteiger partial charge in [0.1, 0.15) is 0 Å². The van der Waals surface area contributed by atoms with E-state index in [2.05, 4.69) is 22.4 Å². The quantitative estimate of drug-likeness (QED) is 0.791. The Morgan fingerprint density at radius 3 is 3.00 bits per heavy atom. The molecule has 0 bridgehead atoms. The molecule has 0 spiro atoms. The Bertz CT molecular complexity index is 701. The average molecular weight is 348 g/mol. The molecule has 24 heavy (non-hydrogen) atoms. The van der Waals surface area contributed by atoms with E-state index in [-0.39, 0.29) is 11.9 Å². The highest BCUT2D eigenvalue weighted by Crippen LogP contribution is 2.43. The van der Waals surface area contributed by atoms with E-state index in [4.69, 9.17) is 16.1 Å². The number of amides is 1. The van der Waals surface area contributed by atoms with E-state index >= 15 is 0 Å². The fourth-order valence-corrected chi connectivity index (χ4v) is 3.15. The third-order valence-corrected chi connectivity index (χ3v) is 4.56. The number of aromatic nitrogens is 2. The zero-order chi connectivity index (χ0) is 16.9. The van der Waals surface area contributed by atoms with Gasteiger partial charge >= 0.3 is 0 Å². The fraction of sp³-hybridized carbons (Fsp3) is 0.500. The van der Waals surface area contributed by atoms with Crippen LogP contribution in [-0.2, 0) is 17.6 Å². The van der Waals surface area contributed by atoms with Crippen molar-refractivity contribution in [3.05, 3.63) is 46.6 Å². The van der Waals surface area contributed by atoms with E-state index in [1.165, 1.54) is 0 Å². The molecule has 2 aromatic rings. The number of rotatable bonds is 8. The summed E-state index contributed by atoms with van der Waals surface area (Å²) in [4.78, 5) is 16.3. The summed E-state index contributed by atoms with van der Waals surface area (Å²) >= 11 is 6.20. The first-order valence-electron chi connectivity index (χ1n) is 8.52. The van der Waals surface area contributed by atoms with Gasteiger partial charge in [-0.3, -0.25) is 4.79 Å². The van der Waals surface area contributed by atoms with Crippen molar-refractivity contribution in [1.82, 2.24) is 15.5 Å². The van der Waals surface area contributed by atoms with E-state index in [0.29, 0.717) is 31.1 Å². The first-order chi connectivity index (χ1) is 11.7. The van der Waals surface area contributed by atoms with Crippen molar-refractivity contribution in [2.24, 2.45) is 0 Å². The molecule has 6 heteroatoms. The van der Waals surface area contributed by atoms with Crippen LogP contribution in [0.1, 0.15) is 55.8 Å². The minimum Gasteiger partial charge on any atom is -0.353 e. The van der Waals surface area contributed by atoms with Crippen molar-refractivity contribution >= 4 is 17.5 Å². The zero-order valence-corrected chi connectivity index (χ0v) is 14.6. The Labute approximate surface area is 146 Å². The molecule has 2 atom stereocenters. The molecule has 0 saturated heterocycles. The van der Waals surface area contributed by atoms with Gasteiger partial charge in [-0.25, -0.2) is 0 Å². The highest BCUT2D eigenvalue weighted by Gasteiger charge is 2.40. The summed E-state index contributed by atoms with van der Waals surface area (Å²) in [6, 6.07) is 8.03. The van der Waals surface area contributed by atoms with Gasteiger partial charge in [-0.05, 0) is 30.9 Å². The van der Waals surface area contributed by atoms with Crippen LogP contribution in [-0.4, -0.2) is 22.1 Å². The average Bonchev–Trinajstić information content (AvgIpc) is 3.16. The predicted octanol–water partition coefficient (Wildman–Crippen LogP) is 3.67. The lowest BCUT2D eigenvalue weighted by Crippen LogP contribution is -2.26. The summed E-state index contributed by atoms with van der Waals surface area (Å²) in [5.41, 5.74) is 1.12. The van der Waals surface area contributed by atoms with Crippen LogP contribution in [0.5, 0.6) is 0 Å². The molecule has 1 aliphatic rings. The molecule has 1 saturated carbocycles. The molecule has 128 valence electrons. The van der Waals surface area contributed by atoms with Crippen molar-refractivity contribution in [2.45, 2.75) is 57.4 Å². The summed E-state index contributed by atoms with van der Waals surface area (Å²) in [6.45, 7) is 2.08. The summed E-state index contributed by atoms with van der Waals surface area (Å²) in [5.74, 6) is 1.78. The van der Waals surface area contributed by atoms with Gasteiger partial charge < -0.3 is 9.84 Å². The Hall–Kier alpha value is -1.88. The zero-order valence-electron chi connectivity index (χ0n) is 13.8. The van der Waals surface area contributed by atoms with Gasteiger partial charge in [-0.1, -0.05) is 41.9 Å². The first kappa shape index (κ1) is 17.0. The summed E-state index contributed by atoms with van der Waals surface area (Å²) in [7, 11) is 0. The van der Waals surface area contributed by atoms with Crippen molar-refractivity contribution in [2.75, 3.05) is 0 Å². The molecule has 1 aromatic carbocycles. The van der Waals surface area contributed by atoms with Gasteiger partial charge in [-0.15, -0.1) is 0 Å². The monoisotopic (exact) mass is 347 g/mol. The first-order valence-corrected chi connectivity index (χ1v) is 8.90.